The maximum absolute atomic E-state index is 11.8. The summed E-state index contributed by atoms with van der Waals surface area (Å²) in [5.74, 6) is 4.01. The first-order valence-corrected chi connectivity index (χ1v) is 12.8. The molecule has 0 radical (unpaired) electrons. The summed E-state index contributed by atoms with van der Waals surface area (Å²) in [6, 6.07) is 0. The van der Waals surface area contributed by atoms with Crippen molar-refractivity contribution in [3.63, 3.8) is 0 Å². The number of halogens is 1. The van der Waals surface area contributed by atoms with E-state index in [-0.39, 0.29) is 5.24 Å². The molecule has 4 rings (SSSR count). The SMILES string of the molecule is O=C(Cl)c1csc2c1CCCC1CCCCCCCCCC3C(CCC2)C13. The third-order valence-electron chi connectivity index (χ3n) is 7.69. The summed E-state index contributed by atoms with van der Waals surface area (Å²) < 4.78 is 0. The normalized spacial score (nSPS) is 32.8. The molecule has 0 N–H and O–H groups in total. The van der Waals surface area contributed by atoms with Crippen LogP contribution >= 0.6 is 22.9 Å². The summed E-state index contributed by atoms with van der Waals surface area (Å²) >= 11 is 7.64. The predicted octanol–water partition coefficient (Wildman–Crippen LogP) is 7.79. The van der Waals surface area contributed by atoms with Gasteiger partial charge in [-0.3, -0.25) is 4.79 Å². The zero-order valence-corrected chi connectivity index (χ0v) is 18.3. The molecule has 0 aromatic carbocycles. The molecule has 0 spiro atoms. The smallest absolute Gasteiger partial charge is 0.253 e. The maximum Gasteiger partial charge on any atom is 0.253 e. The molecule has 1 aromatic heterocycles. The van der Waals surface area contributed by atoms with Gasteiger partial charge in [0.25, 0.3) is 5.24 Å². The number of fused-ring (bicyclic) bond motifs is 2. The van der Waals surface area contributed by atoms with Gasteiger partial charge >= 0.3 is 0 Å². The van der Waals surface area contributed by atoms with Gasteiger partial charge in [-0.15, -0.1) is 11.3 Å². The van der Waals surface area contributed by atoms with E-state index in [4.69, 9.17) is 11.6 Å². The molecule has 0 bridgehead atoms. The summed E-state index contributed by atoms with van der Waals surface area (Å²) in [6.07, 6.45) is 20.7. The second-order valence-corrected chi connectivity index (χ2v) is 10.6. The number of thiophene rings is 1. The lowest BCUT2D eigenvalue weighted by atomic mass is 9.87. The van der Waals surface area contributed by atoms with E-state index in [1.54, 1.807) is 11.3 Å². The number of carbonyl (C=O) groups is 1. The quantitative estimate of drug-likeness (QED) is 0.435. The summed E-state index contributed by atoms with van der Waals surface area (Å²) in [7, 11) is 0. The lowest BCUT2D eigenvalue weighted by Gasteiger charge is -2.18. The minimum Gasteiger partial charge on any atom is -0.276 e. The molecule has 150 valence electrons. The second kappa shape index (κ2) is 9.44. The van der Waals surface area contributed by atoms with Gasteiger partial charge in [0.1, 0.15) is 0 Å². The molecule has 27 heavy (non-hydrogen) atoms. The van der Waals surface area contributed by atoms with E-state index >= 15 is 0 Å². The van der Waals surface area contributed by atoms with Gasteiger partial charge in [0.2, 0.25) is 0 Å². The number of hydrogen-bond donors (Lipinski definition) is 0. The van der Waals surface area contributed by atoms with Gasteiger partial charge in [0, 0.05) is 15.8 Å². The third kappa shape index (κ3) is 4.81. The minimum atomic E-state index is -0.253. The van der Waals surface area contributed by atoms with Crippen molar-refractivity contribution in [1.29, 1.82) is 0 Å². The topological polar surface area (TPSA) is 17.1 Å². The molecule has 0 amide bonds. The highest BCUT2D eigenvalue weighted by molar-refractivity contribution is 7.10. The molecule has 1 aromatic rings. The Morgan fingerprint density at radius 2 is 1.41 bits per heavy atom. The first-order valence-electron chi connectivity index (χ1n) is 11.5. The molecule has 3 aliphatic carbocycles. The molecule has 2 fully saturated rings. The highest BCUT2D eigenvalue weighted by Gasteiger charge is 2.51. The van der Waals surface area contributed by atoms with Crippen LogP contribution in [0.25, 0.3) is 0 Å². The maximum atomic E-state index is 11.8. The summed E-state index contributed by atoms with van der Waals surface area (Å²) in [4.78, 5) is 13.3. The van der Waals surface area contributed by atoms with E-state index in [9.17, 15) is 4.79 Å². The molecular weight excluding hydrogens is 372 g/mol. The molecule has 3 aliphatic rings. The van der Waals surface area contributed by atoms with E-state index < -0.39 is 0 Å². The van der Waals surface area contributed by atoms with Crippen molar-refractivity contribution in [3.05, 3.63) is 21.4 Å². The summed E-state index contributed by atoms with van der Waals surface area (Å²) in [6.45, 7) is 0. The Balaban J connectivity index is 1.48. The average Bonchev–Trinajstić information content (AvgIpc) is 3.16. The van der Waals surface area contributed by atoms with Crippen molar-refractivity contribution in [2.24, 2.45) is 23.7 Å². The van der Waals surface area contributed by atoms with Crippen molar-refractivity contribution in [2.75, 3.05) is 0 Å². The first-order chi connectivity index (χ1) is 13.3. The van der Waals surface area contributed by atoms with Gasteiger partial charge in [-0.1, -0.05) is 51.4 Å². The van der Waals surface area contributed by atoms with Gasteiger partial charge < -0.3 is 0 Å². The van der Waals surface area contributed by atoms with Gasteiger partial charge in [-0.2, -0.15) is 0 Å². The lowest BCUT2D eigenvalue weighted by molar-refractivity contribution is 0.108. The monoisotopic (exact) mass is 406 g/mol. The standard InChI is InChI=1S/C24H35ClOS/c25-24(26)21-16-27-22-15-9-14-20-19-12-7-5-3-1-2-4-6-10-17(23(19)20)11-8-13-18(21)22/h16-17,19-20,23H,1-15H2. The molecular formula is C24H35ClOS. The Labute approximate surface area is 174 Å². The van der Waals surface area contributed by atoms with Crippen LogP contribution in [0.4, 0.5) is 0 Å². The number of carbonyl (C=O) groups excluding carboxylic acids is 1. The fraction of sp³-hybridized carbons (Fsp3) is 0.792. The van der Waals surface area contributed by atoms with Crippen LogP contribution in [-0.2, 0) is 12.8 Å². The van der Waals surface area contributed by atoms with Crippen molar-refractivity contribution in [2.45, 2.75) is 96.3 Å². The van der Waals surface area contributed by atoms with Crippen molar-refractivity contribution in [3.8, 4) is 0 Å². The summed E-state index contributed by atoms with van der Waals surface area (Å²) in [5, 5.41) is 1.76. The van der Waals surface area contributed by atoms with E-state index in [0.717, 1.165) is 42.1 Å². The molecule has 1 nitrogen and oxygen atoms in total. The van der Waals surface area contributed by atoms with E-state index in [2.05, 4.69) is 0 Å². The molecule has 0 aliphatic heterocycles. The van der Waals surface area contributed by atoms with Crippen LogP contribution in [0.1, 0.15) is 104 Å². The molecule has 4 unspecified atom stereocenters. The largest absolute Gasteiger partial charge is 0.276 e. The van der Waals surface area contributed by atoms with Crippen LogP contribution in [0.2, 0.25) is 0 Å². The van der Waals surface area contributed by atoms with Crippen LogP contribution in [0.15, 0.2) is 5.38 Å². The Bertz CT molecular complexity index is 636. The van der Waals surface area contributed by atoms with Gasteiger partial charge in [0.05, 0.1) is 0 Å². The Morgan fingerprint density at radius 1 is 0.815 bits per heavy atom. The molecule has 1 heterocycles. The average molecular weight is 407 g/mol. The van der Waals surface area contributed by atoms with E-state index in [1.807, 2.05) is 5.38 Å². The first kappa shape index (κ1) is 20.0. The summed E-state index contributed by atoms with van der Waals surface area (Å²) in [5.41, 5.74) is 2.10. The van der Waals surface area contributed by atoms with Crippen LogP contribution < -0.4 is 0 Å². The van der Waals surface area contributed by atoms with Crippen LogP contribution in [0, 0.1) is 23.7 Å². The van der Waals surface area contributed by atoms with Crippen LogP contribution in [0.5, 0.6) is 0 Å². The van der Waals surface area contributed by atoms with Gasteiger partial charge in [-0.25, -0.2) is 0 Å². The molecule has 0 saturated heterocycles. The predicted molar refractivity (Wildman–Crippen MR) is 116 cm³/mol. The van der Waals surface area contributed by atoms with E-state index in [1.165, 1.54) is 93.9 Å². The number of hydrogen-bond acceptors (Lipinski definition) is 2. The fourth-order valence-corrected chi connectivity index (χ4v) is 7.66. The van der Waals surface area contributed by atoms with E-state index in [0.29, 0.717) is 0 Å². The highest BCUT2D eigenvalue weighted by atomic mass is 35.5. The number of aryl methyl sites for hydroxylation is 1. The Hall–Kier alpha value is -0.340. The third-order valence-corrected chi connectivity index (χ3v) is 8.98. The minimum absolute atomic E-state index is 0.253. The molecule has 4 atom stereocenters. The van der Waals surface area contributed by atoms with Crippen molar-refractivity contribution >= 4 is 28.2 Å². The lowest BCUT2D eigenvalue weighted by Crippen LogP contribution is -2.08. The van der Waals surface area contributed by atoms with Gasteiger partial charge in [-0.05, 0) is 85.8 Å². The zero-order valence-electron chi connectivity index (χ0n) is 16.7. The van der Waals surface area contributed by atoms with Crippen LogP contribution in [-0.4, -0.2) is 5.24 Å². The second-order valence-electron chi connectivity index (χ2n) is 9.33. The van der Waals surface area contributed by atoms with Crippen LogP contribution in [0.3, 0.4) is 0 Å². The number of rotatable bonds is 1. The highest BCUT2D eigenvalue weighted by Crippen LogP contribution is 2.58. The molecule has 2 saturated carbocycles. The molecule has 3 heteroatoms. The fourth-order valence-electron chi connectivity index (χ4n) is 6.30. The van der Waals surface area contributed by atoms with Crippen molar-refractivity contribution < 1.29 is 4.79 Å². The zero-order chi connectivity index (χ0) is 18.6. The Morgan fingerprint density at radius 3 is 2.15 bits per heavy atom. The van der Waals surface area contributed by atoms with Gasteiger partial charge in [0.15, 0.2) is 0 Å². The Kier molecular flexibility index (Phi) is 6.98. The van der Waals surface area contributed by atoms with Crippen molar-refractivity contribution in [1.82, 2.24) is 0 Å².